The minimum absolute atomic E-state index is 0.102. The summed E-state index contributed by atoms with van der Waals surface area (Å²) in [6, 6.07) is 18.0. The third kappa shape index (κ3) is 5.68. The first kappa shape index (κ1) is 23.4. The van der Waals surface area contributed by atoms with Crippen molar-refractivity contribution in [3.63, 3.8) is 0 Å². The van der Waals surface area contributed by atoms with Crippen LogP contribution in [0.1, 0.15) is 12.0 Å². The van der Waals surface area contributed by atoms with Crippen molar-refractivity contribution in [1.82, 2.24) is 14.3 Å². The van der Waals surface area contributed by atoms with Gasteiger partial charge in [-0.15, -0.1) is 0 Å². The Kier molecular flexibility index (Phi) is 7.33. The van der Waals surface area contributed by atoms with Gasteiger partial charge >= 0.3 is 0 Å². The average molecular weight is 489 g/mol. The Morgan fingerprint density at radius 2 is 1.94 bits per heavy atom. The van der Waals surface area contributed by atoms with Crippen LogP contribution in [0.2, 0.25) is 0 Å². The van der Waals surface area contributed by atoms with E-state index in [0.29, 0.717) is 17.3 Å². The standard InChI is InChI=1S/C26H28N6O2S/c1-35-32-11-9-23(18-32)34-25-7-2-19(16-20(25)17-27)24-8-10-28-26(30-24)29-21-3-5-22(6-4-21)31-12-14-33-15-13-31/h2-8,10,16,23H,9,11-15,18H2,1H3,(H,28,29,30). The SMILES string of the molecule is CSN1CCC(Oc2ccc(-c3ccnc(Nc4ccc(N5CCOCC5)cc4)n3)cc2C#N)C1. The zero-order valence-electron chi connectivity index (χ0n) is 19.7. The Morgan fingerprint density at radius 1 is 1.11 bits per heavy atom. The number of benzene rings is 2. The summed E-state index contributed by atoms with van der Waals surface area (Å²) in [5, 5.41) is 13.0. The molecular formula is C26H28N6O2S. The van der Waals surface area contributed by atoms with Crippen LogP contribution in [-0.2, 0) is 4.74 Å². The third-order valence-electron chi connectivity index (χ3n) is 6.21. The van der Waals surface area contributed by atoms with Crippen LogP contribution in [0.5, 0.6) is 5.75 Å². The fraction of sp³-hybridized carbons (Fsp3) is 0.346. The number of nitrogens with one attached hydrogen (secondary N) is 1. The van der Waals surface area contributed by atoms with Crippen LogP contribution >= 0.6 is 11.9 Å². The zero-order chi connectivity index (χ0) is 24.0. The summed E-state index contributed by atoms with van der Waals surface area (Å²) in [5.74, 6) is 1.13. The van der Waals surface area contributed by atoms with E-state index in [2.05, 4.69) is 48.9 Å². The number of hydrogen-bond acceptors (Lipinski definition) is 9. The normalized spacial score (nSPS) is 18.3. The molecule has 1 unspecified atom stereocenters. The lowest BCUT2D eigenvalue weighted by Gasteiger charge is -2.28. The Labute approximate surface area is 210 Å². The van der Waals surface area contributed by atoms with E-state index in [0.717, 1.165) is 62.8 Å². The van der Waals surface area contributed by atoms with Gasteiger partial charge in [0.15, 0.2) is 0 Å². The van der Waals surface area contributed by atoms with Crippen molar-refractivity contribution in [2.75, 3.05) is 55.9 Å². The number of ether oxygens (including phenoxy) is 2. The minimum atomic E-state index is 0.102. The highest BCUT2D eigenvalue weighted by Crippen LogP contribution is 2.29. The molecule has 0 bridgehead atoms. The molecule has 2 aliphatic heterocycles. The summed E-state index contributed by atoms with van der Waals surface area (Å²) < 4.78 is 13.9. The van der Waals surface area contributed by atoms with Crippen molar-refractivity contribution in [2.45, 2.75) is 12.5 Å². The quantitative estimate of drug-likeness (QED) is 0.488. The monoisotopic (exact) mass is 488 g/mol. The highest BCUT2D eigenvalue weighted by Gasteiger charge is 2.24. The summed E-state index contributed by atoms with van der Waals surface area (Å²) in [6.07, 6.45) is 4.86. The summed E-state index contributed by atoms with van der Waals surface area (Å²) in [4.78, 5) is 11.4. The van der Waals surface area contributed by atoms with E-state index in [4.69, 9.17) is 9.47 Å². The van der Waals surface area contributed by atoms with E-state index < -0.39 is 0 Å². The van der Waals surface area contributed by atoms with Gasteiger partial charge in [-0.2, -0.15) is 5.26 Å². The van der Waals surface area contributed by atoms with Crippen LogP contribution in [0.25, 0.3) is 11.3 Å². The predicted molar refractivity (Wildman–Crippen MR) is 139 cm³/mol. The molecule has 9 heteroatoms. The first-order valence-electron chi connectivity index (χ1n) is 11.7. The van der Waals surface area contributed by atoms with Gasteiger partial charge in [0.05, 0.1) is 24.5 Å². The van der Waals surface area contributed by atoms with Gasteiger partial charge in [-0.05, 0) is 61.2 Å². The molecule has 0 amide bonds. The Balaban J connectivity index is 1.28. The number of rotatable bonds is 7. The van der Waals surface area contributed by atoms with Crippen molar-refractivity contribution in [2.24, 2.45) is 0 Å². The molecule has 2 fully saturated rings. The zero-order valence-corrected chi connectivity index (χ0v) is 20.5. The van der Waals surface area contributed by atoms with Crippen LogP contribution in [-0.4, -0.2) is 66.0 Å². The van der Waals surface area contributed by atoms with Gasteiger partial charge < -0.3 is 19.7 Å². The second-order valence-electron chi connectivity index (χ2n) is 8.46. The summed E-state index contributed by atoms with van der Waals surface area (Å²) in [5.41, 5.74) is 4.19. The lowest BCUT2D eigenvalue weighted by Crippen LogP contribution is -2.36. The molecule has 3 heterocycles. The number of nitriles is 1. The molecule has 8 nitrogen and oxygen atoms in total. The van der Waals surface area contributed by atoms with Crippen molar-refractivity contribution in [3.8, 4) is 23.1 Å². The van der Waals surface area contributed by atoms with Crippen LogP contribution in [0.15, 0.2) is 54.7 Å². The first-order chi connectivity index (χ1) is 17.2. The molecule has 0 aliphatic carbocycles. The summed E-state index contributed by atoms with van der Waals surface area (Å²) in [7, 11) is 0. The second-order valence-corrected chi connectivity index (χ2v) is 9.34. The molecule has 0 spiro atoms. The lowest BCUT2D eigenvalue weighted by molar-refractivity contribution is 0.122. The van der Waals surface area contributed by atoms with Gasteiger partial charge in [0.25, 0.3) is 0 Å². The number of nitrogens with zero attached hydrogens (tertiary/aromatic N) is 5. The van der Waals surface area contributed by atoms with Gasteiger partial charge in [-0.3, -0.25) is 0 Å². The number of anilines is 3. The summed E-state index contributed by atoms with van der Waals surface area (Å²) >= 11 is 1.73. The average Bonchev–Trinajstić information content (AvgIpc) is 3.38. The minimum Gasteiger partial charge on any atom is -0.488 e. The van der Waals surface area contributed by atoms with E-state index in [1.807, 2.05) is 36.4 Å². The largest absolute Gasteiger partial charge is 0.488 e. The molecule has 180 valence electrons. The lowest BCUT2D eigenvalue weighted by atomic mass is 10.1. The van der Waals surface area contributed by atoms with Crippen LogP contribution in [0.4, 0.5) is 17.3 Å². The molecule has 5 rings (SSSR count). The number of aromatic nitrogens is 2. The van der Waals surface area contributed by atoms with Gasteiger partial charge in [0, 0.05) is 49.3 Å². The topological polar surface area (TPSA) is 86.5 Å². The molecular weight excluding hydrogens is 460 g/mol. The maximum absolute atomic E-state index is 9.73. The molecule has 2 saturated heterocycles. The van der Waals surface area contributed by atoms with E-state index in [-0.39, 0.29) is 6.10 Å². The Hall–Kier alpha value is -3.32. The van der Waals surface area contributed by atoms with Crippen LogP contribution < -0.4 is 15.0 Å². The maximum Gasteiger partial charge on any atom is 0.227 e. The molecule has 2 aromatic carbocycles. The highest BCUT2D eigenvalue weighted by molar-refractivity contribution is 7.96. The second kappa shape index (κ2) is 11.0. The Bertz CT molecular complexity index is 1190. The number of hydrogen-bond donors (Lipinski definition) is 1. The molecule has 1 N–H and O–H groups in total. The van der Waals surface area contributed by atoms with E-state index in [9.17, 15) is 5.26 Å². The molecule has 0 saturated carbocycles. The van der Waals surface area contributed by atoms with Crippen LogP contribution in [0.3, 0.4) is 0 Å². The van der Waals surface area contributed by atoms with Crippen molar-refractivity contribution >= 4 is 29.3 Å². The van der Waals surface area contributed by atoms with E-state index >= 15 is 0 Å². The molecule has 35 heavy (non-hydrogen) atoms. The molecule has 1 atom stereocenters. The van der Waals surface area contributed by atoms with Crippen molar-refractivity contribution < 1.29 is 9.47 Å². The molecule has 3 aromatic rings. The number of morpholine rings is 1. The first-order valence-corrected chi connectivity index (χ1v) is 12.9. The van der Waals surface area contributed by atoms with Crippen LogP contribution in [0, 0.1) is 11.3 Å². The fourth-order valence-corrected chi connectivity index (χ4v) is 4.91. The summed E-state index contributed by atoms with van der Waals surface area (Å²) in [6.45, 7) is 5.20. The molecule has 1 aromatic heterocycles. The fourth-order valence-electron chi connectivity index (χ4n) is 4.30. The third-order valence-corrected chi connectivity index (χ3v) is 7.06. The smallest absolute Gasteiger partial charge is 0.227 e. The van der Waals surface area contributed by atoms with Gasteiger partial charge in [-0.1, -0.05) is 11.9 Å². The maximum atomic E-state index is 9.73. The van der Waals surface area contributed by atoms with Crippen molar-refractivity contribution in [1.29, 1.82) is 5.26 Å². The van der Waals surface area contributed by atoms with E-state index in [1.54, 1.807) is 18.1 Å². The molecule has 0 radical (unpaired) electrons. The highest BCUT2D eigenvalue weighted by atomic mass is 32.2. The Morgan fingerprint density at radius 3 is 2.69 bits per heavy atom. The van der Waals surface area contributed by atoms with Gasteiger partial charge in [-0.25, -0.2) is 14.3 Å². The van der Waals surface area contributed by atoms with E-state index in [1.165, 1.54) is 5.69 Å². The van der Waals surface area contributed by atoms with Gasteiger partial charge in [0.1, 0.15) is 17.9 Å². The van der Waals surface area contributed by atoms with Crippen molar-refractivity contribution in [3.05, 3.63) is 60.3 Å². The predicted octanol–water partition coefficient (Wildman–Crippen LogP) is 4.33. The van der Waals surface area contributed by atoms with Gasteiger partial charge in [0.2, 0.25) is 5.95 Å². The molecule has 2 aliphatic rings.